The van der Waals surface area contributed by atoms with Crippen molar-refractivity contribution in [2.24, 2.45) is 5.73 Å². The van der Waals surface area contributed by atoms with Gasteiger partial charge in [0.15, 0.2) is 0 Å². The molecular weight excluding hydrogens is 120 g/mol. The number of aliphatic hydroxyl groups excluding tert-OH is 1. The molecule has 0 radical (unpaired) electrons. The first kappa shape index (κ1) is 6.51. The molecule has 0 aromatic heterocycles. The van der Waals surface area contributed by atoms with Crippen LogP contribution in [0.25, 0.3) is 0 Å². The lowest BCUT2D eigenvalue weighted by atomic mass is 10.2. The van der Waals surface area contributed by atoms with Crippen LogP contribution in [0.1, 0.15) is 6.42 Å². The number of nitrogens with two attached hydrogens (primary N) is 1. The van der Waals surface area contributed by atoms with E-state index in [0.29, 0.717) is 6.42 Å². The molecule has 9 heavy (non-hydrogen) atoms. The summed E-state index contributed by atoms with van der Waals surface area (Å²) in [7, 11) is 0. The Kier molecular flexibility index (Phi) is 1.68. The van der Waals surface area contributed by atoms with Gasteiger partial charge in [0.1, 0.15) is 0 Å². The van der Waals surface area contributed by atoms with Crippen molar-refractivity contribution in [2.75, 3.05) is 6.61 Å². The van der Waals surface area contributed by atoms with Gasteiger partial charge in [-0.1, -0.05) is 0 Å². The average Bonchev–Trinajstić information content (AvgIpc) is 2.13. The molecule has 0 saturated carbocycles. The molecule has 0 spiro atoms. The molecule has 4 nitrogen and oxygen atoms in total. The van der Waals surface area contributed by atoms with E-state index in [1.807, 2.05) is 0 Å². The fourth-order valence-electron chi connectivity index (χ4n) is 0.901. The van der Waals surface area contributed by atoms with Gasteiger partial charge in [-0.3, -0.25) is 4.79 Å². The molecule has 1 saturated heterocycles. The number of rotatable bonds is 1. The predicted molar refractivity (Wildman–Crippen MR) is 31.6 cm³/mol. The molecule has 1 fully saturated rings. The van der Waals surface area contributed by atoms with E-state index >= 15 is 0 Å². The Hall–Kier alpha value is -0.610. The van der Waals surface area contributed by atoms with Crippen molar-refractivity contribution >= 4 is 5.91 Å². The molecule has 4 N–H and O–H groups in total. The molecule has 0 aromatic rings. The molecule has 0 aliphatic carbocycles. The van der Waals surface area contributed by atoms with E-state index < -0.39 is 6.04 Å². The van der Waals surface area contributed by atoms with Crippen LogP contribution in [0.5, 0.6) is 0 Å². The first-order valence-corrected chi connectivity index (χ1v) is 2.91. The lowest BCUT2D eigenvalue weighted by molar-refractivity contribution is -0.120. The SMILES string of the molecule is N[C@H]1C[C@H](CO)NC1=O. The molecule has 1 aliphatic rings. The highest BCUT2D eigenvalue weighted by molar-refractivity contribution is 5.84. The fourth-order valence-corrected chi connectivity index (χ4v) is 0.901. The quantitative estimate of drug-likeness (QED) is 0.392. The minimum Gasteiger partial charge on any atom is -0.394 e. The van der Waals surface area contributed by atoms with Gasteiger partial charge in [0.05, 0.1) is 18.7 Å². The van der Waals surface area contributed by atoms with Crippen LogP contribution >= 0.6 is 0 Å². The van der Waals surface area contributed by atoms with Gasteiger partial charge in [0.25, 0.3) is 0 Å². The first-order chi connectivity index (χ1) is 4.24. The Morgan fingerprint density at radius 3 is 2.78 bits per heavy atom. The lowest BCUT2D eigenvalue weighted by Crippen LogP contribution is -2.32. The van der Waals surface area contributed by atoms with E-state index in [4.69, 9.17) is 10.8 Å². The van der Waals surface area contributed by atoms with Gasteiger partial charge in [-0.15, -0.1) is 0 Å². The molecule has 1 rings (SSSR count). The fraction of sp³-hybridized carbons (Fsp3) is 0.800. The Bertz CT molecular complexity index is 126. The van der Waals surface area contributed by atoms with Crippen molar-refractivity contribution in [3.8, 4) is 0 Å². The molecule has 0 unspecified atom stereocenters. The summed E-state index contributed by atoms with van der Waals surface area (Å²) in [5.41, 5.74) is 5.32. The van der Waals surface area contributed by atoms with Crippen molar-refractivity contribution in [2.45, 2.75) is 18.5 Å². The highest BCUT2D eigenvalue weighted by Gasteiger charge is 2.27. The van der Waals surface area contributed by atoms with Crippen molar-refractivity contribution in [3.63, 3.8) is 0 Å². The van der Waals surface area contributed by atoms with Gasteiger partial charge < -0.3 is 16.2 Å². The number of amides is 1. The summed E-state index contributed by atoms with van der Waals surface area (Å²) in [5, 5.41) is 11.1. The third kappa shape index (κ3) is 1.20. The van der Waals surface area contributed by atoms with E-state index in [9.17, 15) is 4.79 Å². The zero-order valence-corrected chi connectivity index (χ0v) is 5.00. The van der Waals surface area contributed by atoms with Crippen LogP contribution in [-0.4, -0.2) is 29.7 Å². The Morgan fingerprint density at radius 1 is 1.89 bits per heavy atom. The van der Waals surface area contributed by atoms with Crippen molar-refractivity contribution in [3.05, 3.63) is 0 Å². The van der Waals surface area contributed by atoms with Crippen LogP contribution in [0.3, 0.4) is 0 Å². The average molecular weight is 130 g/mol. The molecule has 0 aromatic carbocycles. The van der Waals surface area contributed by atoms with Crippen molar-refractivity contribution in [1.29, 1.82) is 0 Å². The zero-order valence-electron chi connectivity index (χ0n) is 5.00. The Balaban J connectivity index is 2.44. The van der Waals surface area contributed by atoms with Gasteiger partial charge in [0, 0.05) is 0 Å². The molecule has 1 amide bonds. The number of hydrogen-bond acceptors (Lipinski definition) is 3. The topological polar surface area (TPSA) is 75.3 Å². The highest BCUT2D eigenvalue weighted by Crippen LogP contribution is 2.03. The summed E-state index contributed by atoms with van der Waals surface area (Å²) in [6.45, 7) is -0.0144. The second-order valence-corrected chi connectivity index (χ2v) is 2.23. The van der Waals surface area contributed by atoms with Gasteiger partial charge in [-0.05, 0) is 6.42 Å². The first-order valence-electron chi connectivity index (χ1n) is 2.91. The number of aliphatic hydroxyl groups is 1. The van der Waals surface area contributed by atoms with E-state index in [0.717, 1.165) is 0 Å². The summed E-state index contributed by atoms with van der Waals surface area (Å²) in [6, 6.07) is -0.533. The molecule has 0 bridgehead atoms. The summed E-state index contributed by atoms with van der Waals surface area (Å²) in [5.74, 6) is -0.158. The van der Waals surface area contributed by atoms with Crippen LogP contribution < -0.4 is 11.1 Å². The molecule has 1 heterocycles. The summed E-state index contributed by atoms with van der Waals surface area (Å²) in [6.07, 6.45) is 0.551. The maximum Gasteiger partial charge on any atom is 0.237 e. The van der Waals surface area contributed by atoms with Gasteiger partial charge in [0.2, 0.25) is 5.91 Å². The van der Waals surface area contributed by atoms with E-state index in [1.54, 1.807) is 0 Å². The van der Waals surface area contributed by atoms with Crippen LogP contribution in [-0.2, 0) is 4.79 Å². The second-order valence-electron chi connectivity index (χ2n) is 2.23. The number of carbonyl (C=O) groups excluding carboxylic acids is 1. The lowest BCUT2D eigenvalue weighted by Gasteiger charge is -2.01. The highest BCUT2D eigenvalue weighted by atomic mass is 16.3. The minimum absolute atomic E-state index is 0.0144. The molecule has 2 atom stereocenters. The normalized spacial score (nSPS) is 34.7. The smallest absolute Gasteiger partial charge is 0.237 e. The summed E-state index contributed by atoms with van der Waals surface area (Å²) < 4.78 is 0. The maximum absolute atomic E-state index is 10.6. The number of hydrogen-bond donors (Lipinski definition) is 3. The van der Waals surface area contributed by atoms with Gasteiger partial charge in [-0.25, -0.2) is 0 Å². The van der Waals surface area contributed by atoms with E-state index in [-0.39, 0.29) is 18.6 Å². The Morgan fingerprint density at radius 2 is 2.56 bits per heavy atom. The summed E-state index contributed by atoms with van der Waals surface area (Å²) in [4.78, 5) is 10.6. The molecule has 4 heteroatoms. The third-order valence-corrected chi connectivity index (χ3v) is 1.44. The predicted octanol–water partition coefficient (Wildman–Crippen LogP) is -1.81. The van der Waals surface area contributed by atoms with Crippen LogP contribution in [0.2, 0.25) is 0 Å². The zero-order chi connectivity index (χ0) is 6.85. The largest absolute Gasteiger partial charge is 0.394 e. The number of nitrogens with one attached hydrogen (secondary N) is 1. The van der Waals surface area contributed by atoms with Crippen LogP contribution in [0.15, 0.2) is 0 Å². The summed E-state index contributed by atoms with van der Waals surface area (Å²) >= 11 is 0. The van der Waals surface area contributed by atoms with Gasteiger partial charge >= 0.3 is 0 Å². The van der Waals surface area contributed by atoms with Crippen LogP contribution in [0, 0.1) is 0 Å². The molecular formula is C5H10N2O2. The van der Waals surface area contributed by atoms with Crippen LogP contribution in [0.4, 0.5) is 0 Å². The monoisotopic (exact) mass is 130 g/mol. The number of carbonyl (C=O) groups is 1. The second kappa shape index (κ2) is 2.33. The standard InChI is InChI=1S/C5H10N2O2/c6-4-1-3(2-8)7-5(4)9/h3-4,8H,1-2,6H2,(H,7,9)/t3-,4+/m1/s1. The Labute approximate surface area is 53.0 Å². The van der Waals surface area contributed by atoms with Crippen molar-refractivity contribution < 1.29 is 9.90 Å². The van der Waals surface area contributed by atoms with Crippen molar-refractivity contribution in [1.82, 2.24) is 5.32 Å². The van der Waals surface area contributed by atoms with Gasteiger partial charge in [-0.2, -0.15) is 0 Å². The maximum atomic E-state index is 10.6. The molecule has 52 valence electrons. The minimum atomic E-state index is -0.415. The van der Waals surface area contributed by atoms with E-state index in [2.05, 4.69) is 5.32 Å². The third-order valence-electron chi connectivity index (χ3n) is 1.44. The molecule has 1 aliphatic heterocycles. The van der Waals surface area contributed by atoms with E-state index in [1.165, 1.54) is 0 Å².